The Hall–Kier alpha value is -2.10. The molecule has 0 fully saturated rings. The molecule has 1 aromatic carbocycles. The summed E-state index contributed by atoms with van der Waals surface area (Å²) in [6.45, 7) is 1.92. The molecule has 82 valence electrons. The average Bonchev–Trinajstić information content (AvgIpc) is 2.24. The Morgan fingerprint density at radius 2 is 2.00 bits per heavy atom. The summed E-state index contributed by atoms with van der Waals surface area (Å²) in [5, 5.41) is 0. The number of aromatic nitrogens is 1. The molecule has 0 bridgehead atoms. The minimum absolute atomic E-state index is 0.0677. The second-order valence-electron chi connectivity index (χ2n) is 3.48. The van der Waals surface area contributed by atoms with E-state index in [-0.39, 0.29) is 5.69 Å². The first kappa shape index (κ1) is 10.4. The number of pyridine rings is 1. The van der Waals surface area contributed by atoms with Crippen LogP contribution >= 0.6 is 0 Å². The third-order valence-electron chi connectivity index (χ3n) is 2.05. The van der Waals surface area contributed by atoms with Crippen LogP contribution in [0.1, 0.15) is 5.56 Å². The SMILES string of the molecule is Cc1cncc(Oc2ccc(F)c(N)c2)c1. The molecule has 2 rings (SSSR count). The summed E-state index contributed by atoms with van der Waals surface area (Å²) in [6.07, 6.45) is 3.32. The average molecular weight is 218 g/mol. The van der Waals surface area contributed by atoms with Crippen LogP contribution in [-0.4, -0.2) is 4.98 Å². The molecule has 2 aromatic rings. The first-order chi connectivity index (χ1) is 7.65. The number of hydrogen-bond donors (Lipinski definition) is 1. The van der Waals surface area contributed by atoms with Crippen LogP contribution in [-0.2, 0) is 0 Å². The van der Waals surface area contributed by atoms with Gasteiger partial charge in [0.25, 0.3) is 0 Å². The molecule has 0 radical (unpaired) electrons. The number of nitrogens with two attached hydrogens (primary N) is 1. The van der Waals surface area contributed by atoms with E-state index in [1.165, 1.54) is 18.2 Å². The van der Waals surface area contributed by atoms with Crippen molar-refractivity contribution < 1.29 is 9.13 Å². The van der Waals surface area contributed by atoms with Crippen LogP contribution in [0.3, 0.4) is 0 Å². The number of nitrogens with zero attached hydrogens (tertiary/aromatic N) is 1. The number of ether oxygens (including phenoxy) is 1. The maximum Gasteiger partial charge on any atom is 0.146 e. The Kier molecular flexibility index (Phi) is 2.72. The first-order valence-corrected chi connectivity index (χ1v) is 4.80. The Labute approximate surface area is 92.7 Å². The lowest BCUT2D eigenvalue weighted by atomic mass is 10.3. The van der Waals surface area contributed by atoms with Gasteiger partial charge in [0.2, 0.25) is 0 Å². The van der Waals surface area contributed by atoms with Crippen LogP contribution in [0.25, 0.3) is 0 Å². The number of hydrogen-bond acceptors (Lipinski definition) is 3. The van der Waals surface area contributed by atoms with E-state index in [0.29, 0.717) is 11.5 Å². The molecule has 0 aliphatic heterocycles. The van der Waals surface area contributed by atoms with Crippen LogP contribution in [0.15, 0.2) is 36.7 Å². The van der Waals surface area contributed by atoms with Crippen molar-refractivity contribution in [3.8, 4) is 11.5 Å². The highest BCUT2D eigenvalue weighted by atomic mass is 19.1. The van der Waals surface area contributed by atoms with Crippen molar-refractivity contribution in [2.75, 3.05) is 5.73 Å². The van der Waals surface area contributed by atoms with Crippen LogP contribution in [0, 0.1) is 12.7 Å². The summed E-state index contributed by atoms with van der Waals surface area (Å²) in [5.41, 5.74) is 6.49. The Morgan fingerprint density at radius 3 is 2.69 bits per heavy atom. The van der Waals surface area contributed by atoms with Crippen molar-refractivity contribution in [1.29, 1.82) is 0 Å². The fourth-order valence-electron chi connectivity index (χ4n) is 1.30. The van der Waals surface area contributed by atoms with Gasteiger partial charge in [0, 0.05) is 12.3 Å². The predicted molar refractivity (Wildman–Crippen MR) is 59.9 cm³/mol. The molecule has 16 heavy (non-hydrogen) atoms. The van der Waals surface area contributed by atoms with Gasteiger partial charge in [0.1, 0.15) is 17.3 Å². The molecule has 0 aliphatic carbocycles. The zero-order valence-corrected chi connectivity index (χ0v) is 8.77. The van der Waals surface area contributed by atoms with E-state index in [2.05, 4.69) is 4.98 Å². The van der Waals surface area contributed by atoms with Crippen molar-refractivity contribution in [1.82, 2.24) is 4.98 Å². The lowest BCUT2D eigenvalue weighted by molar-refractivity contribution is 0.478. The first-order valence-electron chi connectivity index (χ1n) is 4.80. The molecule has 0 spiro atoms. The normalized spacial score (nSPS) is 10.1. The topological polar surface area (TPSA) is 48.1 Å². The molecule has 0 amide bonds. The van der Waals surface area contributed by atoms with Gasteiger partial charge in [-0.3, -0.25) is 4.98 Å². The van der Waals surface area contributed by atoms with Crippen LogP contribution < -0.4 is 10.5 Å². The van der Waals surface area contributed by atoms with Crippen LogP contribution in [0.2, 0.25) is 0 Å². The van der Waals surface area contributed by atoms with E-state index in [0.717, 1.165) is 5.56 Å². The molecule has 1 heterocycles. The molecule has 0 saturated carbocycles. The molecule has 2 N–H and O–H groups in total. The monoisotopic (exact) mass is 218 g/mol. The number of aryl methyl sites for hydroxylation is 1. The van der Waals surface area contributed by atoms with Gasteiger partial charge in [0.05, 0.1) is 11.9 Å². The number of anilines is 1. The minimum atomic E-state index is -0.449. The minimum Gasteiger partial charge on any atom is -0.456 e. The number of nitrogen functional groups attached to an aromatic ring is 1. The summed E-state index contributed by atoms with van der Waals surface area (Å²) < 4.78 is 18.4. The summed E-state index contributed by atoms with van der Waals surface area (Å²) in [5.74, 6) is 0.645. The molecular formula is C12H11FN2O. The Bertz CT molecular complexity index is 514. The highest BCUT2D eigenvalue weighted by Crippen LogP contribution is 2.24. The van der Waals surface area contributed by atoms with Crippen LogP contribution in [0.5, 0.6) is 11.5 Å². The molecular weight excluding hydrogens is 207 g/mol. The van der Waals surface area contributed by atoms with E-state index in [9.17, 15) is 4.39 Å². The molecule has 3 nitrogen and oxygen atoms in total. The lowest BCUT2D eigenvalue weighted by Gasteiger charge is -2.06. The summed E-state index contributed by atoms with van der Waals surface area (Å²) in [7, 11) is 0. The highest BCUT2D eigenvalue weighted by Gasteiger charge is 2.02. The zero-order chi connectivity index (χ0) is 11.5. The van der Waals surface area contributed by atoms with Gasteiger partial charge in [-0.1, -0.05) is 0 Å². The van der Waals surface area contributed by atoms with Gasteiger partial charge in [-0.25, -0.2) is 4.39 Å². The summed E-state index contributed by atoms with van der Waals surface area (Å²) in [6, 6.07) is 6.08. The van der Waals surface area contributed by atoms with Crippen LogP contribution in [0.4, 0.5) is 10.1 Å². The van der Waals surface area contributed by atoms with Crippen molar-refractivity contribution in [2.24, 2.45) is 0 Å². The van der Waals surface area contributed by atoms with Crippen molar-refractivity contribution in [2.45, 2.75) is 6.92 Å². The number of halogens is 1. The maximum absolute atomic E-state index is 12.9. The van der Waals surface area contributed by atoms with E-state index in [1.54, 1.807) is 12.4 Å². The number of benzene rings is 1. The van der Waals surface area contributed by atoms with Crippen molar-refractivity contribution in [3.05, 3.63) is 48.0 Å². The van der Waals surface area contributed by atoms with Gasteiger partial charge >= 0.3 is 0 Å². The fraction of sp³-hybridized carbons (Fsp3) is 0.0833. The molecule has 1 aromatic heterocycles. The third-order valence-corrected chi connectivity index (χ3v) is 2.05. The molecule has 0 atom stereocenters. The number of rotatable bonds is 2. The van der Waals surface area contributed by atoms with Gasteiger partial charge in [-0.2, -0.15) is 0 Å². The van der Waals surface area contributed by atoms with Gasteiger partial charge in [-0.05, 0) is 30.7 Å². The zero-order valence-electron chi connectivity index (χ0n) is 8.77. The molecule has 4 heteroatoms. The second-order valence-corrected chi connectivity index (χ2v) is 3.48. The van der Waals surface area contributed by atoms with E-state index in [1.807, 2.05) is 13.0 Å². The summed E-state index contributed by atoms with van der Waals surface area (Å²) >= 11 is 0. The van der Waals surface area contributed by atoms with Gasteiger partial charge in [-0.15, -0.1) is 0 Å². The van der Waals surface area contributed by atoms with Crippen molar-refractivity contribution >= 4 is 5.69 Å². The second kappa shape index (κ2) is 4.18. The maximum atomic E-state index is 12.9. The third kappa shape index (κ3) is 2.28. The van der Waals surface area contributed by atoms with Gasteiger partial charge in [0.15, 0.2) is 0 Å². The van der Waals surface area contributed by atoms with Crippen molar-refractivity contribution in [3.63, 3.8) is 0 Å². The van der Waals surface area contributed by atoms with E-state index in [4.69, 9.17) is 10.5 Å². The quantitative estimate of drug-likeness (QED) is 0.788. The van der Waals surface area contributed by atoms with Gasteiger partial charge < -0.3 is 10.5 Å². The van der Waals surface area contributed by atoms with E-state index < -0.39 is 5.82 Å². The molecule has 0 aliphatic rings. The lowest BCUT2D eigenvalue weighted by Crippen LogP contribution is -1.92. The largest absolute Gasteiger partial charge is 0.456 e. The molecule has 0 unspecified atom stereocenters. The Morgan fingerprint density at radius 1 is 1.19 bits per heavy atom. The fourth-order valence-corrected chi connectivity index (χ4v) is 1.30. The Balaban J connectivity index is 2.24. The standard InChI is InChI=1S/C12H11FN2O/c1-8-4-10(7-15-6-8)16-9-2-3-11(13)12(14)5-9/h2-7H,14H2,1H3. The highest BCUT2D eigenvalue weighted by molar-refractivity contribution is 5.46. The smallest absolute Gasteiger partial charge is 0.146 e. The predicted octanol–water partition coefficient (Wildman–Crippen LogP) is 2.90. The van der Waals surface area contributed by atoms with E-state index >= 15 is 0 Å². The molecule has 0 saturated heterocycles. The summed E-state index contributed by atoms with van der Waals surface area (Å²) in [4.78, 5) is 3.99.